The molecule has 1 aliphatic rings. The van der Waals surface area contributed by atoms with Crippen LogP contribution < -0.4 is 10.6 Å². The minimum atomic E-state index is -0.214. The molecule has 32 heavy (non-hydrogen) atoms. The molecule has 4 aromatic rings. The summed E-state index contributed by atoms with van der Waals surface area (Å²) in [5.74, 6) is 0.321. The molecule has 0 fully saturated rings. The van der Waals surface area contributed by atoms with Gasteiger partial charge in [-0.2, -0.15) is 0 Å². The third-order valence-corrected chi connectivity index (χ3v) is 5.60. The molecule has 8 nitrogen and oxygen atoms in total. The van der Waals surface area contributed by atoms with Crippen LogP contribution in [0, 0.1) is 0 Å². The van der Waals surface area contributed by atoms with Crippen LogP contribution in [0.25, 0.3) is 0 Å². The Labute approximate surface area is 184 Å². The summed E-state index contributed by atoms with van der Waals surface area (Å²) in [5.41, 5.74) is 4.78. The molecule has 0 bridgehead atoms. The summed E-state index contributed by atoms with van der Waals surface area (Å²) >= 11 is 0. The Hall–Kier alpha value is -4.20. The average Bonchev–Trinajstić information content (AvgIpc) is 3.39. The third kappa shape index (κ3) is 3.78. The van der Waals surface area contributed by atoms with E-state index in [9.17, 15) is 9.59 Å². The first kappa shape index (κ1) is 19.7. The number of anilines is 2. The molecule has 2 aromatic heterocycles. The molecule has 160 valence electrons. The zero-order chi connectivity index (χ0) is 22.1. The van der Waals surface area contributed by atoms with Crippen molar-refractivity contribution in [3.8, 4) is 0 Å². The van der Waals surface area contributed by atoms with Crippen molar-refractivity contribution in [1.82, 2.24) is 19.9 Å². The number of carbonyl (C=O) groups is 2. The molecule has 5 rings (SSSR count). The number of H-pyrrole nitrogens is 2. The van der Waals surface area contributed by atoms with E-state index in [0.717, 1.165) is 35.6 Å². The zero-order valence-electron chi connectivity index (χ0n) is 17.5. The fourth-order valence-corrected chi connectivity index (χ4v) is 3.98. The number of aromatic amines is 2. The summed E-state index contributed by atoms with van der Waals surface area (Å²) in [6.45, 7) is 2.02. The van der Waals surface area contributed by atoms with Crippen LogP contribution in [-0.2, 0) is 12.8 Å². The maximum Gasteiger partial charge on any atom is 0.257 e. The van der Waals surface area contributed by atoms with Crippen LogP contribution in [0.5, 0.6) is 0 Å². The Balaban J connectivity index is 1.35. The van der Waals surface area contributed by atoms with E-state index in [0.29, 0.717) is 23.0 Å². The van der Waals surface area contributed by atoms with Crippen molar-refractivity contribution in [3.63, 3.8) is 0 Å². The molecule has 1 aliphatic carbocycles. The predicted molar refractivity (Wildman–Crippen MR) is 121 cm³/mol. The number of carbonyl (C=O) groups excluding carboxylic acids is 2. The summed E-state index contributed by atoms with van der Waals surface area (Å²) in [6, 6.07) is 18.0. The number of nitrogens with zero attached hydrogens (tertiary/aromatic N) is 2. The van der Waals surface area contributed by atoms with E-state index in [1.54, 1.807) is 24.3 Å². The second-order valence-electron chi connectivity index (χ2n) is 7.76. The van der Waals surface area contributed by atoms with Crippen molar-refractivity contribution in [2.75, 3.05) is 10.6 Å². The maximum absolute atomic E-state index is 12.5. The smallest absolute Gasteiger partial charge is 0.257 e. The summed E-state index contributed by atoms with van der Waals surface area (Å²) < 4.78 is 0. The van der Waals surface area contributed by atoms with E-state index < -0.39 is 0 Å². The summed E-state index contributed by atoms with van der Waals surface area (Å²) in [6.07, 6.45) is 1.43. The van der Waals surface area contributed by atoms with Crippen LogP contribution in [0.1, 0.15) is 56.3 Å². The van der Waals surface area contributed by atoms with Gasteiger partial charge in [-0.15, -0.1) is 0 Å². The number of nitrogens with one attached hydrogen (secondary N) is 4. The Morgan fingerprint density at radius 1 is 0.750 bits per heavy atom. The number of amides is 2. The van der Waals surface area contributed by atoms with E-state index in [1.807, 2.05) is 43.3 Å². The number of aryl methyl sites for hydroxylation is 2. The number of hydrogen-bond acceptors (Lipinski definition) is 4. The molecule has 4 N–H and O–H groups in total. The van der Waals surface area contributed by atoms with Gasteiger partial charge in [-0.1, -0.05) is 43.3 Å². The van der Waals surface area contributed by atoms with Crippen LogP contribution >= 0.6 is 0 Å². The van der Waals surface area contributed by atoms with Crippen LogP contribution in [0.4, 0.5) is 11.9 Å². The average molecular weight is 426 g/mol. The number of hydrogen-bond donors (Lipinski definition) is 4. The fourth-order valence-electron chi connectivity index (χ4n) is 3.98. The number of fused-ring (bicyclic) bond motifs is 2. The molecule has 0 radical (unpaired) electrons. The maximum atomic E-state index is 12.5. The Kier molecular flexibility index (Phi) is 5.03. The molecular formula is C24H22N6O2. The highest BCUT2D eigenvalue weighted by atomic mass is 16.2. The monoisotopic (exact) mass is 426 g/mol. The van der Waals surface area contributed by atoms with Gasteiger partial charge in [0.1, 0.15) is 0 Å². The van der Waals surface area contributed by atoms with Gasteiger partial charge < -0.3 is 9.97 Å². The molecular weight excluding hydrogens is 404 g/mol. The minimum absolute atomic E-state index is 0.0974. The van der Waals surface area contributed by atoms with Gasteiger partial charge in [-0.3, -0.25) is 20.2 Å². The van der Waals surface area contributed by atoms with Gasteiger partial charge in [-0.05, 0) is 37.1 Å². The normalized spacial score (nSPS) is 13.0. The lowest BCUT2D eigenvalue weighted by molar-refractivity contribution is 0.101. The van der Waals surface area contributed by atoms with Crippen molar-refractivity contribution in [2.45, 2.75) is 25.7 Å². The number of benzene rings is 2. The summed E-state index contributed by atoms with van der Waals surface area (Å²) in [5, 5.41) is 5.68. The molecule has 2 amide bonds. The first-order valence-corrected chi connectivity index (χ1v) is 10.5. The quantitative estimate of drug-likeness (QED) is 0.396. The highest BCUT2D eigenvalue weighted by Crippen LogP contribution is 2.33. The fraction of sp³-hybridized carbons (Fsp3) is 0.167. The zero-order valence-corrected chi connectivity index (χ0v) is 17.5. The third-order valence-electron chi connectivity index (χ3n) is 5.60. The van der Waals surface area contributed by atoms with Gasteiger partial charge in [0.15, 0.2) is 0 Å². The molecule has 0 unspecified atom stereocenters. The van der Waals surface area contributed by atoms with Gasteiger partial charge >= 0.3 is 0 Å². The first-order valence-electron chi connectivity index (χ1n) is 10.5. The summed E-state index contributed by atoms with van der Waals surface area (Å²) in [7, 11) is 0. The lowest BCUT2D eigenvalue weighted by atomic mass is 10.0. The van der Waals surface area contributed by atoms with Gasteiger partial charge in [0.05, 0.1) is 11.4 Å². The molecule has 0 saturated heterocycles. The van der Waals surface area contributed by atoms with Crippen LogP contribution in [0.15, 0.2) is 60.7 Å². The Morgan fingerprint density at radius 2 is 1.16 bits per heavy atom. The second-order valence-corrected chi connectivity index (χ2v) is 7.76. The number of imidazole rings is 2. The van der Waals surface area contributed by atoms with E-state index in [-0.39, 0.29) is 17.7 Å². The predicted octanol–water partition coefficient (Wildman–Crippen LogP) is 3.89. The SMILES string of the molecule is CC1c2nc(NC(=O)c3ccccc3)[nH]c2CCc2[nH]c(NC(=O)c3ccccc3)nc21. The van der Waals surface area contributed by atoms with Crippen molar-refractivity contribution >= 4 is 23.7 Å². The molecule has 2 aromatic carbocycles. The Bertz CT molecular complexity index is 1180. The van der Waals surface area contributed by atoms with Crippen molar-refractivity contribution in [2.24, 2.45) is 0 Å². The van der Waals surface area contributed by atoms with Gasteiger partial charge in [0.25, 0.3) is 11.8 Å². The standard InChI is InChI=1S/C24H22N6O2/c1-14-19-17(25-23(27-19)29-21(31)15-8-4-2-5-9-15)12-13-18-20(14)28-24(26-18)30-22(32)16-10-6-3-7-11-16/h2-11,14H,12-13H2,1H3,(H2,25,27,29,31)(H2,26,28,30,32). The number of rotatable bonds is 4. The van der Waals surface area contributed by atoms with E-state index in [1.165, 1.54) is 0 Å². The van der Waals surface area contributed by atoms with E-state index >= 15 is 0 Å². The minimum Gasteiger partial charge on any atom is -0.328 e. The lowest BCUT2D eigenvalue weighted by Gasteiger charge is -2.06. The van der Waals surface area contributed by atoms with E-state index in [4.69, 9.17) is 0 Å². The van der Waals surface area contributed by atoms with Crippen LogP contribution in [0.3, 0.4) is 0 Å². The van der Waals surface area contributed by atoms with Crippen molar-refractivity contribution < 1.29 is 9.59 Å². The first-order chi connectivity index (χ1) is 15.6. The van der Waals surface area contributed by atoms with Crippen molar-refractivity contribution in [3.05, 3.63) is 94.6 Å². The topological polar surface area (TPSA) is 116 Å². The van der Waals surface area contributed by atoms with Gasteiger partial charge in [0.2, 0.25) is 11.9 Å². The van der Waals surface area contributed by atoms with E-state index in [2.05, 4.69) is 30.6 Å². The largest absolute Gasteiger partial charge is 0.328 e. The molecule has 0 saturated carbocycles. The van der Waals surface area contributed by atoms with Gasteiger partial charge in [-0.25, -0.2) is 9.97 Å². The lowest BCUT2D eigenvalue weighted by Crippen LogP contribution is -2.13. The Morgan fingerprint density at radius 3 is 1.56 bits per heavy atom. The van der Waals surface area contributed by atoms with Gasteiger partial charge in [0, 0.05) is 28.4 Å². The second kappa shape index (κ2) is 8.14. The van der Waals surface area contributed by atoms with Crippen molar-refractivity contribution in [1.29, 1.82) is 0 Å². The van der Waals surface area contributed by atoms with Crippen LogP contribution in [0.2, 0.25) is 0 Å². The summed E-state index contributed by atoms with van der Waals surface area (Å²) in [4.78, 5) is 40.7. The molecule has 2 heterocycles. The highest BCUT2D eigenvalue weighted by Gasteiger charge is 2.28. The highest BCUT2D eigenvalue weighted by molar-refractivity contribution is 6.03. The molecule has 0 atom stereocenters. The van der Waals surface area contributed by atoms with Crippen LogP contribution in [-0.4, -0.2) is 31.8 Å². The molecule has 0 spiro atoms. The molecule has 8 heteroatoms. The number of aromatic nitrogens is 4. The molecule has 0 aliphatic heterocycles.